The average Bonchev–Trinajstić information content (AvgIpc) is 2.96. The monoisotopic (exact) mass is 319 g/mol. The number of aromatic nitrogens is 3. The molecule has 3 aromatic rings. The molecule has 1 aliphatic carbocycles. The smallest absolute Gasteiger partial charge is 0.268 e. The quantitative estimate of drug-likeness (QED) is 0.777. The van der Waals surface area contributed by atoms with Crippen LogP contribution in [0.15, 0.2) is 36.7 Å². The molecule has 1 saturated carbocycles. The number of hydrogen-bond donors (Lipinski definition) is 2. The molecule has 1 fully saturated rings. The summed E-state index contributed by atoms with van der Waals surface area (Å²) in [7, 11) is 1.87. The van der Waals surface area contributed by atoms with Crippen molar-refractivity contribution in [3.05, 3.63) is 53.5 Å². The van der Waals surface area contributed by atoms with Crippen molar-refractivity contribution in [2.75, 3.05) is 0 Å². The molecule has 1 amide bonds. The van der Waals surface area contributed by atoms with Gasteiger partial charge in [-0.15, -0.1) is 0 Å². The highest BCUT2D eigenvalue weighted by Gasteiger charge is 2.54. The zero-order valence-corrected chi connectivity index (χ0v) is 13.5. The first kappa shape index (κ1) is 14.5. The molecule has 0 radical (unpaired) electrons. The van der Waals surface area contributed by atoms with Crippen LogP contribution in [0.25, 0.3) is 10.9 Å². The van der Waals surface area contributed by atoms with E-state index in [0.717, 1.165) is 22.9 Å². The molecule has 1 aliphatic rings. The lowest BCUT2D eigenvalue weighted by Gasteiger charge is -2.16. The van der Waals surface area contributed by atoms with Gasteiger partial charge in [-0.3, -0.25) is 9.48 Å². The van der Waals surface area contributed by atoms with E-state index in [4.69, 9.17) is 5.26 Å². The van der Waals surface area contributed by atoms with Gasteiger partial charge in [0.15, 0.2) is 0 Å². The molecule has 2 atom stereocenters. The number of aryl methyl sites for hydroxylation is 1. The van der Waals surface area contributed by atoms with Crippen molar-refractivity contribution in [3.63, 3.8) is 0 Å². The predicted molar refractivity (Wildman–Crippen MR) is 89.1 cm³/mol. The van der Waals surface area contributed by atoms with Gasteiger partial charge in [-0.05, 0) is 36.6 Å². The van der Waals surface area contributed by atoms with Crippen LogP contribution in [0.2, 0.25) is 0 Å². The maximum atomic E-state index is 12.7. The number of carbonyl (C=O) groups is 1. The van der Waals surface area contributed by atoms with E-state index < -0.39 is 0 Å². The summed E-state index contributed by atoms with van der Waals surface area (Å²) in [5.41, 5.74) is 2.63. The van der Waals surface area contributed by atoms with Gasteiger partial charge in [-0.2, -0.15) is 10.4 Å². The molecule has 0 aliphatic heterocycles. The van der Waals surface area contributed by atoms with Gasteiger partial charge in [0.1, 0.15) is 5.69 Å². The van der Waals surface area contributed by atoms with Crippen LogP contribution in [0.4, 0.5) is 0 Å². The van der Waals surface area contributed by atoms with Crippen LogP contribution < -0.4 is 5.32 Å². The number of rotatable bonds is 3. The molecule has 0 spiro atoms. The van der Waals surface area contributed by atoms with Gasteiger partial charge < -0.3 is 10.3 Å². The van der Waals surface area contributed by atoms with Crippen molar-refractivity contribution in [2.24, 2.45) is 13.0 Å². The first-order chi connectivity index (χ1) is 11.5. The van der Waals surface area contributed by atoms with E-state index in [1.807, 2.05) is 25.5 Å². The third-order valence-electron chi connectivity index (χ3n) is 4.86. The van der Waals surface area contributed by atoms with Crippen LogP contribution in [0, 0.1) is 17.2 Å². The average molecular weight is 319 g/mol. The van der Waals surface area contributed by atoms with Gasteiger partial charge in [0.2, 0.25) is 0 Å². The third kappa shape index (κ3) is 2.17. The van der Waals surface area contributed by atoms with Crippen LogP contribution in [0.3, 0.4) is 0 Å². The Balaban J connectivity index is 1.63. The Labute approximate surface area is 139 Å². The predicted octanol–water partition coefficient (Wildman–Crippen LogP) is 2.44. The van der Waals surface area contributed by atoms with Crippen LogP contribution >= 0.6 is 0 Å². The second-order valence-electron chi connectivity index (χ2n) is 6.53. The minimum atomic E-state index is -0.333. The summed E-state index contributed by atoms with van der Waals surface area (Å²) in [6, 6.07) is 9.23. The molecule has 6 heteroatoms. The van der Waals surface area contributed by atoms with E-state index in [-0.39, 0.29) is 11.4 Å². The van der Waals surface area contributed by atoms with Crippen LogP contribution in [0.5, 0.6) is 0 Å². The van der Waals surface area contributed by atoms with E-state index in [9.17, 15) is 4.79 Å². The minimum absolute atomic E-state index is 0.141. The SMILES string of the molecule is C[C@H]1C[C@]1(NC(=O)c1cc2cc(C#N)ccc2[nH]1)c1cnn(C)c1. The van der Waals surface area contributed by atoms with Gasteiger partial charge in [0.05, 0.1) is 23.4 Å². The third-order valence-corrected chi connectivity index (χ3v) is 4.86. The van der Waals surface area contributed by atoms with Crippen LogP contribution in [0.1, 0.15) is 35.0 Å². The Hall–Kier alpha value is -3.07. The Morgan fingerprint density at radius 2 is 2.29 bits per heavy atom. The highest BCUT2D eigenvalue weighted by molar-refractivity contribution is 5.98. The fourth-order valence-corrected chi connectivity index (χ4v) is 3.32. The molecule has 4 rings (SSSR count). The highest BCUT2D eigenvalue weighted by Crippen LogP contribution is 2.51. The Kier molecular flexibility index (Phi) is 3.00. The number of H-pyrrole nitrogens is 1. The fourth-order valence-electron chi connectivity index (χ4n) is 3.32. The van der Waals surface area contributed by atoms with E-state index in [1.165, 1.54) is 0 Å². The summed E-state index contributed by atoms with van der Waals surface area (Å²) >= 11 is 0. The molecule has 0 unspecified atom stereocenters. The lowest BCUT2D eigenvalue weighted by Crippen LogP contribution is -2.36. The van der Waals surface area contributed by atoms with Crippen molar-refractivity contribution in [1.82, 2.24) is 20.1 Å². The first-order valence-electron chi connectivity index (χ1n) is 7.86. The normalized spacial score (nSPS) is 22.3. The molecule has 1 aromatic carbocycles. The number of amides is 1. The van der Waals surface area contributed by atoms with Crippen molar-refractivity contribution in [1.29, 1.82) is 5.26 Å². The van der Waals surface area contributed by atoms with E-state index in [2.05, 4.69) is 28.4 Å². The standard InChI is InChI=1S/C18H17N5O/c1-11-7-18(11,14-9-20-23(2)10-14)22-17(24)16-6-13-5-12(8-19)3-4-15(13)21-16/h3-6,9-11,21H,7H2,1-2H3,(H,22,24)/t11-,18+/m0/s1. The molecule has 2 N–H and O–H groups in total. The molecular weight excluding hydrogens is 302 g/mol. The maximum Gasteiger partial charge on any atom is 0.268 e. The number of nitrogens with zero attached hydrogens (tertiary/aromatic N) is 3. The number of benzene rings is 1. The summed E-state index contributed by atoms with van der Waals surface area (Å²) in [5, 5.41) is 17.2. The Bertz CT molecular complexity index is 992. The topological polar surface area (TPSA) is 86.5 Å². The molecule has 0 saturated heterocycles. The lowest BCUT2D eigenvalue weighted by molar-refractivity contribution is 0.0923. The molecule has 120 valence electrons. The number of hydrogen-bond acceptors (Lipinski definition) is 3. The van der Waals surface area contributed by atoms with Gasteiger partial charge in [0.25, 0.3) is 5.91 Å². The molecular formula is C18H17N5O. The largest absolute Gasteiger partial charge is 0.351 e. The van der Waals surface area contributed by atoms with E-state index in [0.29, 0.717) is 17.2 Å². The van der Waals surface area contributed by atoms with Gasteiger partial charge in [-0.1, -0.05) is 6.92 Å². The van der Waals surface area contributed by atoms with Crippen molar-refractivity contribution in [3.8, 4) is 6.07 Å². The summed E-state index contributed by atoms with van der Waals surface area (Å²) in [5.74, 6) is 0.234. The van der Waals surface area contributed by atoms with E-state index >= 15 is 0 Å². The molecule has 2 heterocycles. The highest BCUT2D eigenvalue weighted by atomic mass is 16.2. The summed E-state index contributed by atoms with van der Waals surface area (Å²) in [6.07, 6.45) is 4.67. The Morgan fingerprint density at radius 3 is 2.92 bits per heavy atom. The first-order valence-corrected chi connectivity index (χ1v) is 7.86. The lowest BCUT2D eigenvalue weighted by atomic mass is 10.1. The summed E-state index contributed by atoms with van der Waals surface area (Å²) in [6.45, 7) is 2.12. The summed E-state index contributed by atoms with van der Waals surface area (Å²) < 4.78 is 1.75. The number of fused-ring (bicyclic) bond motifs is 1. The number of aromatic amines is 1. The minimum Gasteiger partial charge on any atom is -0.351 e. The fraction of sp³-hybridized carbons (Fsp3) is 0.278. The molecule has 24 heavy (non-hydrogen) atoms. The van der Waals surface area contributed by atoms with Crippen LogP contribution in [-0.4, -0.2) is 20.7 Å². The molecule has 0 bridgehead atoms. The second kappa shape index (κ2) is 4.96. The van der Waals surface area contributed by atoms with Gasteiger partial charge in [-0.25, -0.2) is 0 Å². The van der Waals surface area contributed by atoms with Crippen molar-refractivity contribution >= 4 is 16.8 Å². The molecule has 2 aromatic heterocycles. The maximum absolute atomic E-state index is 12.7. The van der Waals surface area contributed by atoms with Gasteiger partial charge >= 0.3 is 0 Å². The van der Waals surface area contributed by atoms with Crippen molar-refractivity contribution in [2.45, 2.75) is 18.9 Å². The summed E-state index contributed by atoms with van der Waals surface area (Å²) in [4.78, 5) is 15.8. The van der Waals surface area contributed by atoms with Crippen LogP contribution in [-0.2, 0) is 12.6 Å². The van der Waals surface area contributed by atoms with Gasteiger partial charge in [0, 0.05) is 29.7 Å². The number of carbonyl (C=O) groups excluding carboxylic acids is 1. The second-order valence-corrected chi connectivity index (χ2v) is 6.53. The van der Waals surface area contributed by atoms with E-state index in [1.54, 1.807) is 22.9 Å². The molecule has 6 nitrogen and oxygen atoms in total. The Morgan fingerprint density at radius 1 is 1.50 bits per heavy atom. The van der Waals surface area contributed by atoms with Crippen molar-refractivity contribution < 1.29 is 4.79 Å². The zero-order valence-electron chi connectivity index (χ0n) is 13.5. The number of nitrogens with one attached hydrogen (secondary N) is 2. The number of nitriles is 1. The zero-order chi connectivity index (χ0) is 16.9.